The van der Waals surface area contributed by atoms with Gasteiger partial charge in [-0.15, -0.1) is 0 Å². The molecule has 1 amide bonds. The van der Waals surface area contributed by atoms with E-state index in [2.05, 4.69) is 5.32 Å². The van der Waals surface area contributed by atoms with E-state index in [1.54, 1.807) is 30.3 Å². The van der Waals surface area contributed by atoms with Crippen molar-refractivity contribution in [3.63, 3.8) is 0 Å². The summed E-state index contributed by atoms with van der Waals surface area (Å²) in [5.74, 6) is -0.303. The number of nitrogens with zero attached hydrogens (tertiary/aromatic N) is 2. The minimum Gasteiger partial charge on any atom is -0.350 e. The van der Waals surface area contributed by atoms with E-state index in [1.807, 2.05) is 57.2 Å². The summed E-state index contributed by atoms with van der Waals surface area (Å²) in [5, 5.41) is 3.25. The molecule has 0 aliphatic carbocycles. The molecule has 1 heterocycles. The summed E-state index contributed by atoms with van der Waals surface area (Å²) in [5.41, 5.74) is 4.15. The number of aromatic nitrogens is 2. The number of hydrogen-bond acceptors (Lipinski definition) is 3. The summed E-state index contributed by atoms with van der Waals surface area (Å²) in [6.45, 7) is 6.09. The molecule has 0 radical (unpaired) electrons. The van der Waals surface area contributed by atoms with Crippen LogP contribution in [0.1, 0.15) is 22.3 Å². The van der Waals surface area contributed by atoms with Crippen LogP contribution >= 0.6 is 0 Å². The van der Waals surface area contributed by atoms with Crippen LogP contribution in [0.3, 0.4) is 0 Å². The number of rotatable bonds is 5. The molecule has 0 saturated heterocycles. The summed E-state index contributed by atoms with van der Waals surface area (Å²) in [6, 6.07) is 20.2. The molecule has 0 atom stereocenters. The lowest BCUT2D eigenvalue weighted by molar-refractivity contribution is -0.121. The Labute approximate surface area is 185 Å². The predicted octanol–water partition coefficient (Wildman–Crippen LogP) is 3.39. The molecule has 4 rings (SSSR count). The Morgan fingerprint density at radius 3 is 2.31 bits per heavy atom. The number of nitrogens with one attached hydrogen (secondary N) is 1. The van der Waals surface area contributed by atoms with E-state index in [0.717, 1.165) is 26.8 Å². The summed E-state index contributed by atoms with van der Waals surface area (Å²) in [6.07, 6.45) is 0. The van der Waals surface area contributed by atoms with Gasteiger partial charge in [0, 0.05) is 6.54 Å². The standard InChI is InChI=1S/C26H25N3O3/c1-17-8-11-20(12-9-17)15-27-24(30)16-28-23-7-5-4-6-22(23)25(31)29(26(28)32)21-13-10-18(2)19(3)14-21/h4-14H,15-16H2,1-3H3,(H,27,30). The van der Waals surface area contributed by atoms with Crippen molar-refractivity contribution in [3.05, 3.63) is 110 Å². The van der Waals surface area contributed by atoms with Crippen molar-refractivity contribution in [2.45, 2.75) is 33.9 Å². The molecule has 6 heteroatoms. The first kappa shape index (κ1) is 21.3. The van der Waals surface area contributed by atoms with Crippen molar-refractivity contribution in [2.75, 3.05) is 0 Å². The first-order valence-corrected chi connectivity index (χ1v) is 10.5. The highest BCUT2D eigenvalue weighted by molar-refractivity contribution is 5.82. The van der Waals surface area contributed by atoms with E-state index >= 15 is 0 Å². The molecular formula is C26H25N3O3. The van der Waals surface area contributed by atoms with Crippen LogP contribution in [0.5, 0.6) is 0 Å². The number of benzene rings is 3. The molecule has 4 aromatic rings. The maximum Gasteiger partial charge on any atom is 0.336 e. The lowest BCUT2D eigenvalue weighted by Gasteiger charge is -2.15. The second-order valence-corrected chi connectivity index (χ2v) is 8.06. The molecule has 0 saturated carbocycles. The number of para-hydroxylation sites is 1. The van der Waals surface area contributed by atoms with Gasteiger partial charge in [-0.1, -0.05) is 48.0 Å². The third kappa shape index (κ3) is 4.12. The smallest absolute Gasteiger partial charge is 0.336 e. The van der Waals surface area contributed by atoms with Crippen molar-refractivity contribution in [2.24, 2.45) is 0 Å². The van der Waals surface area contributed by atoms with E-state index in [9.17, 15) is 14.4 Å². The van der Waals surface area contributed by atoms with Gasteiger partial charge < -0.3 is 5.32 Å². The van der Waals surface area contributed by atoms with Crippen molar-refractivity contribution in [3.8, 4) is 5.69 Å². The van der Waals surface area contributed by atoms with Crippen LogP contribution in [0.2, 0.25) is 0 Å². The Hall–Kier alpha value is -3.93. The fourth-order valence-electron chi connectivity index (χ4n) is 3.67. The monoisotopic (exact) mass is 427 g/mol. The van der Waals surface area contributed by atoms with Gasteiger partial charge in [0.05, 0.1) is 16.6 Å². The van der Waals surface area contributed by atoms with Gasteiger partial charge in [-0.05, 0) is 61.7 Å². The molecule has 0 aliphatic rings. The second kappa shape index (κ2) is 8.67. The Kier molecular flexibility index (Phi) is 5.77. The fraction of sp³-hybridized carbons (Fsp3) is 0.192. The zero-order chi connectivity index (χ0) is 22.8. The molecule has 3 aromatic carbocycles. The van der Waals surface area contributed by atoms with Gasteiger partial charge in [0.15, 0.2) is 0 Å². The maximum absolute atomic E-state index is 13.4. The molecule has 0 spiro atoms. The Balaban J connectivity index is 1.74. The third-order valence-corrected chi connectivity index (χ3v) is 5.71. The lowest BCUT2D eigenvalue weighted by Crippen LogP contribution is -2.41. The summed E-state index contributed by atoms with van der Waals surface area (Å²) < 4.78 is 2.50. The van der Waals surface area contributed by atoms with Crippen LogP contribution in [0.15, 0.2) is 76.3 Å². The zero-order valence-corrected chi connectivity index (χ0v) is 18.4. The average Bonchev–Trinajstić information content (AvgIpc) is 2.79. The quantitative estimate of drug-likeness (QED) is 0.531. The highest BCUT2D eigenvalue weighted by Gasteiger charge is 2.16. The van der Waals surface area contributed by atoms with Crippen molar-refractivity contribution in [1.82, 2.24) is 14.5 Å². The number of aryl methyl sites for hydroxylation is 3. The number of amides is 1. The minimum atomic E-state index is -0.539. The van der Waals surface area contributed by atoms with Crippen LogP contribution in [0.25, 0.3) is 16.6 Å². The largest absolute Gasteiger partial charge is 0.350 e. The second-order valence-electron chi connectivity index (χ2n) is 8.06. The topological polar surface area (TPSA) is 73.1 Å². The van der Waals surface area contributed by atoms with Gasteiger partial charge in [-0.3, -0.25) is 14.2 Å². The Bertz CT molecular complexity index is 1430. The van der Waals surface area contributed by atoms with Crippen LogP contribution in [0, 0.1) is 20.8 Å². The minimum absolute atomic E-state index is 0.184. The number of carbonyl (C=O) groups excluding carboxylic acids is 1. The van der Waals surface area contributed by atoms with E-state index < -0.39 is 11.2 Å². The summed E-state index contributed by atoms with van der Waals surface area (Å²) >= 11 is 0. The molecular weight excluding hydrogens is 402 g/mol. The number of carbonyl (C=O) groups is 1. The highest BCUT2D eigenvalue weighted by Crippen LogP contribution is 2.14. The SMILES string of the molecule is Cc1ccc(CNC(=O)Cn2c(=O)n(-c3ccc(C)c(C)c3)c(=O)c3ccccc32)cc1. The summed E-state index contributed by atoms with van der Waals surface area (Å²) in [7, 11) is 0. The molecule has 0 fully saturated rings. The van der Waals surface area contributed by atoms with Gasteiger partial charge >= 0.3 is 5.69 Å². The molecule has 1 N–H and O–H groups in total. The molecule has 1 aromatic heterocycles. The average molecular weight is 428 g/mol. The van der Waals surface area contributed by atoms with Gasteiger partial charge in [0.1, 0.15) is 6.54 Å². The summed E-state index contributed by atoms with van der Waals surface area (Å²) in [4.78, 5) is 39.3. The van der Waals surface area contributed by atoms with Crippen LogP contribution in [-0.2, 0) is 17.9 Å². The molecule has 32 heavy (non-hydrogen) atoms. The molecule has 0 bridgehead atoms. The molecule has 6 nitrogen and oxygen atoms in total. The van der Waals surface area contributed by atoms with Crippen molar-refractivity contribution < 1.29 is 4.79 Å². The highest BCUT2D eigenvalue weighted by atomic mass is 16.2. The van der Waals surface area contributed by atoms with E-state index in [1.165, 1.54) is 4.57 Å². The lowest BCUT2D eigenvalue weighted by atomic mass is 10.1. The van der Waals surface area contributed by atoms with Crippen molar-refractivity contribution >= 4 is 16.8 Å². The van der Waals surface area contributed by atoms with Crippen LogP contribution in [-0.4, -0.2) is 15.0 Å². The zero-order valence-electron chi connectivity index (χ0n) is 18.4. The van der Waals surface area contributed by atoms with Crippen molar-refractivity contribution in [1.29, 1.82) is 0 Å². The normalized spacial score (nSPS) is 11.0. The van der Waals surface area contributed by atoms with Gasteiger partial charge in [0.2, 0.25) is 5.91 Å². The molecule has 162 valence electrons. The Morgan fingerprint density at radius 2 is 1.59 bits per heavy atom. The van der Waals surface area contributed by atoms with Gasteiger partial charge in [-0.25, -0.2) is 9.36 Å². The Morgan fingerprint density at radius 1 is 0.875 bits per heavy atom. The third-order valence-electron chi connectivity index (χ3n) is 5.71. The molecule has 0 aliphatic heterocycles. The van der Waals surface area contributed by atoms with Crippen LogP contribution < -0.4 is 16.6 Å². The van der Waals surface area contributed by atoms with E-state index in [4.69, 9.17) is 0 Å². The van der Waals surface area contributed by atoms with E-state index in [-0.39, 0.29) is 12.5 Å². The number of fused-ring (bicyclic) bond motifs is 1. The fourth-order valence-corrected chi connectivity index (χ4v) is 3.67. The first-order chi connectivity index (χ1) is 15.3. The molecule has 0 unspecified atom stereocenters. The maximum atomic E-state index is 13.4. The van der Waals surface area contributed by atoms with Crippen LogP contribution in [0.4, 0.5) is 0 Å². The van der Waals surface area contributed by atoms with Gasteiger partial charge in [-0.2, -0.15) is 0 Å². The number of hydrogen-bond donors (Lipinski definition) is 1. The van der Waals surface area contributed by atoms with E-state index in [0.29, 0.717) is 23.1 Å². The first-order valence-electron chi connectivity index (χ1n) is 10.5. The van der Waals surface area contributed by atoms with Gasteiger partial charge in [0.25, 0.3) is 5.56 Å². The predicted molar refractivity (Wildman–Crippen MR) is 126 cm³/mol.